The van der Waals surface area contributed by atoms with Crippen LogP contribution in [-0.4, -0.2) is 22.3 Å². The van der Waals surface area contributed by atoms with Crippen molar-refractivity contribution in [2.24, 2.45) is 5.73 Å². The van der Waals surface area contributed by atoms with Crippen molar-refractivity contribution in [2.45, 2.75) is 24.9 Å². The van der Waals surface area contributed by atoms with Crippen molar-refractivity contribution in [2.75, 3.05) is 5.32 Å². The third-order valence-electron chi connectivity index (χ3n) is 3.24. The molecule has 0 unspecified atom stereocenters. The molecule has 0 radical (unpaired) electrons. The number of hydrogen-bond donors (Lipinski definition) is 3. The van der Waals surface area contributed by atoms with E-state index in [0.717, 1.165) is 29.8 Å². The molecule has 1 aromatic carbocycles. The highest BCUT2D eigenvalue weighted by atomic mass is 15.1. The van der Waals surface area contributed by atoms with Crippen molar-refractivity contribution in [3.63, 3.8) is 0 Å². The maximum Gasteiger partial charge on any atom is 0.0650 e. The van der Waals surface area contributed by atoms with Crippen molar-refractivity contribution < 1.29 is 0 Å². The summed E-state index contributed by atoms with van der Waals surface area (Å²) in [4.78, 5) is 0. The van der Waals surface area contributed by atoms with Gasteiger partial charge >= 0.3 is 0 Å². The van der Waals surface area contributed by atoms with Crippen molar-refractivity contribution in [3.05, 3.63) is 36.5 Å². The minimum absolute atomic E-state index is 0.386. The van der Waals surface area contributed by atoms with E-state index in [1.807, 2.05) is 6.07 Å². The van der Waals surface area contributed by atoms with Gasteiger partial charge in [0.05, 0.1) is 5.69 Å². The molecule has 1 fully saturated rings. The van der Waals surface area contributed by atoms with Gasteiger partial charge in [0.25, 0.3) is 0 Å². The van der Waals surface area contributed by atoms with Crippen LogP contribution in [-0.2, 0) is 0 Å². The van der Waals surface area contributed by atoms with Gasteiger partial charge in [-0.05, 0) is 36.6 Å². The lowest BCUT2D eigenvalue weighted by Gasteiger charge is -2.33. The Morgan fingerprint density at radius 2 is 1.94 bits per heavy atom. The highest BCUT2D eigenvalue weighted by molar-refractivity contribution is 5.62. The molecule has 0 aliphatic heterocycles. The molecule has 1 aliphatic rings. The predicted molar refractivity (Wildman–Crippen MR) is 68.6 cm³/mol. The Balaban J connectivity index is 1.68. The Hall–Kier alpha value is -1.81. The van der Waals surface area contributed by atoms with E-state index < -0.39 is 0 Å². The van der Waals surface area contributed by atoms with Crippen molar-refractivity contribution in [3.8, 4) is 11.3 Å². The summed E-state index contributed by atoms with van der Waals surface area (Å²) in [5.74, 6) is 0. The fourth-order valence-electron chi connectivity index (χ4n) is 2.18. The van der Waals surface area contributed by atoms with E-state index in [1.165, 1.54) is 0 Å². The highest BCUT2D eigenvalue weighted by Crippen LogP contribution is 2.24. The molecule has 0 bridgehead atoms. The Bertz CT molecular complexity index is 469. The molecule has 1 heterocycles. The smallest absolute Gasteiger partial charge is 0.0650 e. The van der Waals surface area contributed by atoms with Gasteiger partial charge in [-0.25, -0.2) is 0 Å². The highest BCUT2D eigenvalue weighted by Gasteiger charge is 2.25. The first-order chi connectivity index (χ1) is 8.31. The number of nitrogens with two attached hydrogens (primary N) is 1. The second kappa shape index (κ2) is 4.22. The zero-order chi connectivity index (χ0) is 11.7. The SMILES string of the molecule is NC1CC(Nc2ccc(-c3ccn[nH]3)cc2)C1. The number of aromatic amines is 1. The van der Waals surface area contributed by atoms with Crippen LogP contribution >= 0.6 is 0 Å². The summed E-state index contributed by atoms with van der Waals surface area (Å²) in [6.45, 7) is 0. The number of aromatic nitrogens is 2. The number of rotatable bonds is 3. The first kappa shape index (κ1) is 10.4. The molecule has 17 heavy (non-hydrogen) atoms. The molecular weight excluding hydrogens is 212 g/mol. The zero-order valence-electron chi connectivity index (χ0n) is 9.56. The molecule has 88 valence electrons. The Labute approximate surface area is 100 Å². The number of benzene rings is 1. The molecule has 4 nitrogen and oxygen atoms in total. The minimum atomic E-state index is 0.386. The van der Waals surface area contributed by atoms with Gasteiger partial charge in [0.15, 0.2) is 0 Å². The van der Waals surface area contributed by atoms with Crippen LogP contribution in [0.4, 0.5) is 5.69 Å². The van der Waals surface area contributed by atoms with Crippen LogP contribution in [0.2, 0.25) is 0 Å². The van der Waals surface area contributed by atoms with Crippen LogP contribution in [0.3, 0.4) is 0 Å². The van der Waals surface area contributed by atoms with Crippen molar-refractivity contribution >= 4 is 5.69 Å². The molecule has 1 aromatic heterocycles. The van der Waals surface area contributed by atoms with E-state index in [2.05, 4.69) is 39.8 Å². The Kier molecular flexibility index (Phi) is 2.57. The van der Waals surface area contributed by atoms with Gasteiger partial charge in [0.1, 0.15) is 0 Å². The molecule has 3 rings (SSSR count). The van der Waals surface area contributed by atoms with Gasteiger partial charge in [0, 0.05) is 24.0 Å². The van der Waals surface area contributed by atoms with Crippen LogP contribution in [0.1, 0.15) is 12.8 Å². The van der Waals surface area contributed by atoms with Gasteiger partial charge in [-0.3, -0.25) is 5.10 Å². The first-order valence-corrected chi connectivity index (χ1v) is 5.93. The van der Waals surface area contributed by atoms with E-state index in [1.54, 1.807) is 6.20 Å². The fourth-order valence-corrected chi connectivity index (χ4v) is 2.18. The van der Waals surface area contributed by atoms with Crippen LogP contribution in [0.15, 0.2) is 36.5 Å². The summed E-state index contributed by atoms with van der Waals surface area (Å²) in [7, 11) is 0. The molecule has 4 heteroatoms. The Morgan fingerprint density at radius 1 is 1.18 bits per heavy atom. The normalized spacial score (nSPS) is 23.1. The van der Waals surface area contributed by atoms with Gasteiger partial charge in [-0.1, -0.05) is 12.1 Å². The van der Waals surface area contributed by atoms with E-state index >= 15 is 0 Å². The third kappa shape index (κ3) is 2.17. The molecule has 0 amide bonds. The summed E-state index contributed by atoms with van der Waals surface area (Å²) < 4.78 is 0. The second-order valence-electron chi connectivity index (χ2n) is 4.62. The average molecular weight is 228 g/mol. The molecule has 2 aromatic rings. The molecule has 0 saturated heterocycles. The van der Waals surface area contributed by atoms with Crippen molar-refractivity contribution in [1.82, 2.24) is 10.2 Å². The average Bonchev–Trinajstić information content (AvgIpc) is 2.81. The predicted octanol–water partition coefficient (Wildman–Crippen LogP) is 1.98. The lowest BCUT2D eigenvalue weighted by molar-refractivity contribution is 0.374. The molecular formula is C13H16N4. The van der Waals surface area contributed by atoms with Crippen LogP contribution in [0.25, 0.3) is 11.3 Å². The quantitative estimate of drug-likeness (QED) is 0.752. The fraction of sp³-hybridized carbons (Fsp3) is 0.308. The molecule has 4 N–H and O–H groups in total. The largest absolute Gasteiger partial charge is 0.382 e. The molecule has 1 aliphatic carbocycles. The van der Waals surface area contributed by atoms with E-state index in [0.29, 0.717) is 12.1 Å². The molecule has 0 atom stereocenters. The lowest BCUT2D eigenvalue weighted by Crippen LogP contribution is -2.44. The maximum absolute atomic E-state index is 5.76. The van der Waals surface area contributed by atoms with Crippen LogP contribution < -0.4 is 11.1 Å². The first-order valence-electron chi connectivity index (χ1n) is 5.93. The number of H-pyrrole nitrogens is 1. The number of nitrogens with zero attached hydrogens (tertiary/aromatic N) is 1. The summed E-state index contributed by atoms with van der Waals surface area (Å²) >= 11 is 0. The summed E-state index contributed by atoms with van der Waals surface area (Å²) in [5, 5.41) is 10.4. The standard InChI is InChI=1S/C13H16N4/c14-10-7-12(8-10)16-11-3-1-9(2-4-11)13-5-6-15-17-13/h1-6,10,12,16H,7-8,14H2,(H,15,17). The number of nitrogens with one attached hydrogen (secondary N) is 2. The van der Waals surface area contributed by atoms with E-state index in [9.17, 15) is 0 Å². The second-order valence-corrected chi connectivity index (χ2v) is 4.62. The monoisotopic (exact) mass is 228 g/mol. The van der Waals surface area contributed by atoms with Gasteiger partial charge in [-0.15, -0.1) is 0 Å². The number of anilines is 1. The molecule has 0 spiro atoms. The van der Waals surface area contributed by atoms with Crippen LogP contribution in [0, 0.1) is 0 Å². The van der Waals surface area contributed by atoms with Crippen molar-refractivity contribution in [1.29, 1.82) is 0 Å². The van der Waals surface area contributed by atoms with E-state index in [-0.39, 0.29) is 0 Å². The number of hydrogen-bond acceptors (Lipinski definition) is 3. The zero-order valence-corrected chi connectivity index (χ0v) is 9.56. The third-order valence-corrected chi connectivity index (χ3v) is 3.24. The van der Waals surface area contributed by atoms with Gasteiger partial charge in [-0.2, -0.15) is 5.10 Å². The van der Waals surface area contributed by atoms with Crippen LogP contribution in [0.5, 0.6) is 0 Å². The molecule has 1 saturated carbocycles. The summed E-state index contributed by atoms with van der Waals surface area (Å²) in [6.07, 6.45) is 3.90. The van der Waals surface area contributed by atoms with E-state index in [4.69, 9.17) is 5.73 Å². The lowest BCUT2D eigenvalue weighted by atomic mass is 9.87. The maximum atomic E-state index is 5.76. The topological polar surface area (TPSA) is 66.7 Å². The minimum Gasteiger partial charge on any atom is -0.382 e. The Morgan fingerprint density at radius 3 is 2.53 bits per heavy atom. The summed E-state index contributed by atoms with van der Waals surface area (Å²) in [5.41, 5.74) is 9.11. The van der Waals surface area contributed by atoms with Gasteiger partial charge in [0.2, 0.25) is 0 Å². The van der Waals surface area contributed by atoms with Gasteiger partial charge < -0.3 is 11.1 Å². The summed E-state index contributed by atoms with van der Waals surface area (Å²) in [6, 6.07) is 11.3.